The SMILES string of the molecule is COc1ccc(-c2ccc(C3CCC(C4CCC(C)CC4)CC3)c(F)c2F)cc1F.[HH].[HH]. The third kappa shape index (κ3) is 4.24. The van der Waals surface area contributed by atoms with Crippen LogP contribution in [0.3, 0.4) is 0 Å². The van der Waals surface area contributed by atoms with E-state index >= 15 is 0 Å². The monoisotopic (exact) mass is 420 g/mol. The van der Waals surface area contributed by atoms with Crippen LogP contribution in [0.2, 0.25) is 0 Å². The van der Waals surface area contributed by atoms with E-state index in [-0.39, 0.29) is 20.1 Å². The maximum Gasteiger partial charge on any atom is 0.166 e. The minimum atomic E-state index is -0.888. The largest absolute Gasteiger partial charge is 0.494 e. The van der Waals surface area contributed by atoms with Gasteiger partial charge in [-0.1, -0.05) is 38.0 Å². The van der Waals surface area contributed by atoms with Crippen LogP contribution in [0.4, 0.5) is 13.2 Å². The Labute approximate surface area is 180 Å². The van der Waals surface area contributed by atoms with E-state index in [0.717, 1.165) is 43.4 Å². The number of ether oxygens (including phenoxy) is 1. The molecule has 0 saturated heterocycles. The number of hydrogen-bond donors (Lipinski definition) is 0. The third-order valence-electron chi connectivity index (χ3n) is 7.51. The van der Waals surface area contributed by atoms with Gasteiger partial charge >= 0.3 is 0 Å². The van der Waals surface area contributed by atoms with Gasteiger partial charge in [0.05, 0.1) is 7.11 Å². The fraction of sp³-hybridized carbons (Fsp3) is 0.538. The summed E-state index contributed by atoms with van der Waals surface area (Å²) < 4.78 is 48.8. The molecule has 0 heterocycles. The Balaban J connectivity index is 0.00000181. The second-order valence-corrected chi connectivity index (χ2v) is 9.31. The number of hydrogen-bond acceptors (Lipinski definition) is 1. The summed E-state index contributed by atoms with van der Waals surface area (Å²) in [6.45, 7) is 2.34. The van der Waals surface area contributed by atoms with Crippen molar-refractivity contribution >= 4 is 0 Å². The van der Waals surface area contributed by atoms with Crippen LogP contribution in [0.5, 0.6) is 5.75 Å². The van der Waals surface area contributed by atoms with E-state index in [1.54, 1.807) is 18.2 Å². The highest BCUT2D eigenvalue weighted by Crippen LogP contribution is 2.45. The summed E-state index contributed by atoms with van der Waals surface area (Å²) in [6.07, 6.45) is 9.37. The summed E-state index contributed by atoms with van der Waals surface area (Å²) in [5, 5.41) is 0. The fourth-order valence-electron chi connectivity index (χ4n) is 5.60. The topological polar surface area (TPSA) is 9.23 Å². The summed E-state index contributed by atoms with van der Waals surface area (Å²) in [7, 11) is 1.37. The lowest BCUT2D eigenvalue weighted by Crippen LogP contribution is -2.25. The van der Waals surface area contributed by atoms with Crippen LogP contribution in [0, 0.1) is 35.2 Å². The van der Waals surface area contributed by atoms with Crippen molar-refractivity contribution in [2.45, 2.75) is 64.2 Å². The van der Waals surface area contributed by atoms with Gasteiger partial charge in [-0.15, -0.1) is 0 Å². The Morgan fingerprint density at radius 2 is 1.43 bits per heavy atom. The minimum absolute atomic E-state index is 0. The molecule has 2 aromatic carbocycles. The maximum atomic E-state index is 15.0. The van der Waals surface area contributed by atoms with Crippen LogP contribution in [0.15, 0.2) is 30.3 Å². The van der Waals surface area contributed by atoms with Gasteiger partial charge in [0.25, 0.3) is 0 Å². The molecule has 0 unspecified atom stereocenters. The van der Waals surface area contributed by atoms with Gasteiger partial charge in [0.1, 0.15) is 0 Å². The molecule has 1 nitrogen and oxygen atoms in total. The molecule has 0 radical (unpaired) electrons. The number of halogens is 3. The van der Waals surface area contributed by atoms with E-state index in [1.165, 1.54) is 44.9 Å². The number of methoxy groups -OCH3 is 1. The van der Waals surface area contributed by atoms with E-state index in [0.29, 0.717) is 11.1 Å². The first-order valence-electron chi connectivity index (χ1n) is 11.3. The molecule has 0 aliphatic heterocycles. The Morgan fingerprint density at radius 3 is 2.03 bits per heavy atom. The first-order chi connectivity index (χ1) is 14.5. The molecule has 0 bridgehead atoms. The molecule has 0 N–H and O–H groups in total. The van der Waals surface area contributed by atoms with Crippen molar-refractivity contribution in [1.29, 1.82) is 0 Å². The van der Waals surface area contributed by atoms with Crippen LogP contribution in [-0.2, 0) is 0 Å². The molecule has 0 atom stereocenters. The maximum absolute atomic E-state index is 15.0. The Morgan fingerprint density at radius 1 is 0.800 bits per heavy atom. The molecule has 4 rings (SSSR count). The highest BCUT2D eigenvalue weighted by molar-refractivity contribution is 5.66. The molecule has 2 saturated carbocycles. The lowest BCUT2D eigenvalue weighted by Gasteiger charge is -2.37. The number of rotatable bonds is 4. The van der Waals surface area contributed by atoms with Crippen LogP contribution >= 0.6 is 0 Å². The Kier molecular flexibility index (Phi) is 6.40. The molecule has 0 aromatic heterocycles. The second-order valence-electron chi connectivity index (χ2n) is 9.31. The first-order valence-corrected chi connectivity index (χ1v) is 11.3. The quantitative estimate of drug-likeness (QED) is 0.483. The summed E-state index contributed by atoms with van der Waals surface area (Å²) in [5.41, 5.74) is 0.871. The molecule has 2 aromatic rings. The average Bonchev–Trinajstić information content (AvgIpc) is 2.76. The van der Waals surface area contributed by atoms with E-state index in [1.807, 2.05) is 0 Å². The van der Waals surface area contributed by atoms with Gasteiger partial charge in [0.2, 0.25) is 0 Å². The van der Waals surface area contributed by atoms with Crippen molar-refractivity contribution in [1.82, 2.24) is 0 Å². The fourth-order valence-corrected chi connectivity index (χ4v) is 5.60. The molecule has 2 aliphatic carbocycles. The zero-order valence-corrected chi connectivity index (χ0v) is 17.9. The van der Waals surface area contributed by atoms with E-state index in [4.69, 9.17) is 4.74 Å². The molecule has 2 fully saturated rings. The minimum Gasteiger partial charge on any atom is -0.494 e. The van der Waals surface area contributed by atoms with Crippen molar-refractivity contribution in [3.63, 3.8) is 0 Å². The number of benzene rings is 2. The van der Waals surface area contributed by atoms with Crippen LogP contribution in [-0.4, -0.2) is 7.11 Å². The molecule has 0 spiro atoms. The zero-order chi connectivity index (χ0) is 21.3. The van der Waals surface area contributed by atoms with Gasteiger partial charge in [-0.25, -0.2) is 13.2 Å². The normalized spacial score (nSPS) is 27.1. The third-order valence-corrected chi connectivity index (χ3v) is 7.51. The lowest BCUT2D eigenvalue weighted by atomic mass is 9.68. The second kappa shape index (κ2) is 9.03. The van der Waals surface area contributed by atoms with E-state index in [2.05, 4.69) is 6.92 Å². The van der Waals surface area contributed by atoms with Gasteiger partial charge in [0, 0.05) is 8.42 Å². The highest BCUT2D eigenvalue weighted by atomic mass is 19.2. The van der Waals surface area contributed by atoms with E-state index < -0.39 is 17.5 Å². The summed E-state index contributed by atoms with van der Waals surface area (Å²) in [4.78, 5) is 0. The molecular weight excluding hydrogens is 385 g/mol. The molecule has 2 aliphatic rings. The summed E-state index contributed by atoms with van der Waals surface area (Å²) in [5.74, 6) is 0.306. The summed E-state index contributed by atoms with van der Waals surface area (Å²) >= 11 is 0. The molecule has 166 valence electrons. The molecule has 4 heteroatoms. The predicted octanol–water partition coefficient (Wildman–Crippen LogP) is 8.37. The van der Waals surface area contributed by atoms with Gasteiger partial charge in [-0.3, -0.25) is 0 Å². The van der Waals surface area contributed by atoms with Gasteiger partial charge in [-0.05, 0) is 85.5 Å². The van der Waals surface area contributed by atoms with Crippen LogP contribution < -0.4 is 4.74 Å². The highest BCUT2D eigenvalue weighted by Gasteiger charge is 2.32. The Bertz CT molecular complexity index is 889. The average molecular weight is 421 g/mol. The van der Waals surface area contributed by atoms with Crippen molar-refractivity contribution in [3.05, 3.63) is 53.3 Å². The van der Waals surface area contributed by atoms with Gasteiger partial charge in [-0.2, -0.15) is 0 Å². The molecular formula is C26H35F3O. The standard InChI is InChI=1S/C26H31F3O.2H2/c1-16-3-5-17(6-4-16)18-7-9-19(10-8-18)21-12-13-22(26(29)25(21)28)20-11-14-24(30-2)23(27)15-20;;/h11-19H,3-10H2,1-2H3;2*1H. The summed E-state index contributed by atoms with van der Waals surface area (Å²) in [6, 6.07) is 7.46. The lowest BCUT2D eigenvalue weighted by molar-refractivity contribution is 0.164. The van der Waals surface area contributed by atoms with Gasteiger partial charge in [0.15, 0.2) is 23.2 Å². The van der Waals surface area contributed by atoms with E-state index in [9.17, 15) is 13.2 Å². The molecule has 0 amide bonds. The van der Waals surface area contributed by atoms with Crippen molar-refractivity contribution in [3.8, 4) is 16.9 Å². The van der Waals surface area contributed by atoms with Gasteiger partial charge < -0.3 is 4.74 Å². The van der Waals surface area contributed by atoms with Crippen LogP contribution in [0.1, 0.15) is 72.6 Å². The van der Waals surface area contributed by atoms with Crippen molar-refractivity contribution < 1.29 is 20.8 Å². The first kappa shape index (κ1) is 21.3. The molecule has 30 heavy (non-hydrogen) atoms. The van der Waals surface area contributed by atoms with Crippen LogP contribution in [0.25, 0.3) is 11.1 Å². The van der Waals surface area contributed by atoms with Crippen molar-refractivity contribution in [2.24, 2.45) is 17.8 Å². The predicted molar refractivity (Wildman–Crippen MR) is 118 cm³/mol. The van der Waals surface area contributed by atoms with Crippen molar-refractivity contribution in [2.75, 3.05) is 7.11 Å². The Hall–Kier alpha value is -1.97. The zero-order valence-electron chi connectivity index (χ0n) is 17.9. The smallest absolute Gasteiger partial charge is 0.166 e.